The maximum atomic E-state index is 12.4. The van der Waals surface area contributed by atoms with E-state index in [4.69, 9.17) is 0 Å². The minimum atomic E-state index is -3.49. The first kappa shape index (κ1) is 17.7. The first-order chi connectivity index (χ1) is 10.9. The van der Waals surface area contributed by atoms with Gasteiger partial charge in [-0.25, -0.2) is 18.2 Å². The van der Waals surface area contributed by atoms with Gasteiger partial charge in [-0.05, 0) is 31.4 Å². The van der Waals surface area contributed by atoms with Crippen molar-refractivity contribution in [3.05, 3.63) is 18.3 Å². The number of aliphatic carboxylic acids is 1. The molecule has 0 unspecified atom stereocenters. The molecule has 1 aliphatic rings. The summed E-state index contributed by atoms with van der Waals surface area (Å²) in [6.45, 7) is 3.08. The quantitative estimate of drug-likeness (QED) is 0.749. The fourth-order valence-electron chi connectivity index (χ4n) is 2.54. The zero-order valence-corrected chi connectivity index (χ0v) is 14.1. The lowest BCUT2D eigenvalue weighted by Gasteiger charge is -2.17. The predicted molar refractivity (Wildman–Crippen MR) is 86.8 cm³/mol. The molecule has 0 amide bonds. The molecule has 0 aromatic carbocycles. The van der Waals surface area contributed by atoms with Crippen molar-refractivity contribution >= 4 is 21.8 Å². The number of nitrogens with zero attached hydrogens (tertiary/aromatic N) is 2. The van der Waals surface area contributed by atoms with Crippen LogP contribution < -0.4 is 5.32 Å². The molecule has 0 aliphatic carbocycles. The highest BCUT2D eigenvalue weighted by Gasteiger charge is 2.27. The molecule has 0 saturated carbocycles. The maximum Gasteiger partial charge on any atom is 0.326 e. The fourth-order valence-corrected chi connectivity index (χ4v) is 4.00. The molecule has 1 aromatic rings. The number of unbranched alkanes of at least 4 members (excludes halogenated alkanes) is 1. The Hall–Kier alpha value is -1.67. The summed E-state index contributed by atoms with van der Waals surface area (Å²) in [5.74, 6) is -0.567. The molecule has 2 rings (SSSR count). The summed E-state index contributed by atoms with van der Waals surface area (Å²) in [7, 11) is -3.49. The third-order valence-corrected chi connectivity index (χ3v) is 5.79. The Morgan fingerprint density at radius 1 is 1.39 bits per heavy atom. The van der Waals surface area contributed by atoms with E-state index in [-0.39, 0.29) is 4.90 Å². The van der Waals surface area contributed by atoms with E-state index in [1.165, 1.54) is 22.6 Å². The third-order valence-electron chi connectivity index (χ3n) is 3.91. The highest BCUT2D eigenvalue weighted by Crippen LogP contribution is 2.21. The molecule has 1 saturated heterocycles. The van der Waals surface area contributed by atoms with Gasteiger partial charge < -0.3 is 10.4 Å². The van der Waals surface area contributed by atoms with E-state index < -0.39 is 22.0 Å². The van der Waals surface area contributed by atoms with Crippen LogP contribution in [0.4, 0.5) is 5.82 Å². The molecule has 1 aliphatic heterocycles. The molecule has 0 spiro atoms. The lowest BCUT2D eigenvalue weighted by atomic mass is 10.1. The molecule has 7 nitrogen and oxygen atoms in total. The van der Waals surface area contributed by atoms with E-state index in [9.17, 15) is 18.3 Å². The standard InChI is InChI=1S/C15H23N3O4S/c1-2-3-6-13(15(19)20)17-14-8-7-12(11-16-14)23(21,22)18-9-4-5-10-18/h7-8,11,13H,2-6,9-10H2,1H3,(H,16,17)(H,19,20)/t13-/m0/s1. The maximum absolute atomic E-state index is 12.4. The Balaban J connectivity index is 2.08. The number of rotatable bonds is 8. The lowest BCUT2D eigenvalue weighted by Crippen LogP contribution is -2.30. The summed E-state index contributed by atoms with van der Waals surface area (Å²) in [5, 5.41) is 12.0. The van der Waals surface area contributed by atoms with Gasteiger partial charge in [-0.15, -0.1) is 0 Å². The Labute approximate surface area is 136 Å². The molecule has 2 N–H and O–H groups in total. The van der Waals surface area contributed by atoms with Gasteiger partial charge in [0.15, 0.2) is 0 Å². The van der Waals surface area contributed by atoms with Gasteiger partial charge >= 0.3 is 5.97 Å². The number of pyridine rings is 1. The number of sulfonamides is 1. The number of hydrogen-bond acceptors (Lipinski definition) is 5. The van der Waals surface area contributed by atoms with Crippen LogP contribution in [-0.4, -0.2) is 47.9 Å². The molecule has 0 radical (unpaired) electrons. The summed E-state index contributed by atoms with van der Waals surface area (Å²) < 4.78 is 26.2. The first-order valence-corrected chi connectivity index (χ1v) is 9.34. The minimum absolute atomic E-state index is 0.144. The third kappa shape index (κ3) is 4.42. The zero-order chi connectivity index (χ0) is 16.9. The monoisotopic (exact) mass is 341 g/mol. The van der Waals surface area contributed by atoms with Crippen molar-refractivity contribution in [1.82, 2.24) is 9.29 Å². The van der Waals surface area contributed by atoms with Gasteiger partial charge in [0.25, 0.3) is 0 Å². The molecule has 2 heterocycles. The van der Waals surface area contributed by atoms with Gasteiger partial charge in [0.2, 0.25) is 10.0 Å². The van der Waals surface area contributed by atoms with E-state index in [0.29, 0.717) is 25.3 Å². The summed E-state index contributed by atoms with van der Waals surface area (Å²) in [6.07, 6.45) is 5.25. The fraction of sp³-hybridized carbons (Fsp3) is 0.600. The van der Waals surface area contributed by atoms with Crippen molar-refractivity contribution in [3.8, 4) is 0 Å². The average molecular weight is 341 g/mol. The molecule has 0 bridgehead atoms. The molecule has 1 fully saturated rings. The molecular weight excluding hydrogens is 318 g/mol. The van der Waals surface area contributed by atoms with E-state index in [1.54, 1.807) is 0 Å². The summed E-state index contributed by atoms with van der Waals surface area (Å²) in [5.41, 5.74) is 0. The molecule has 23 heavy (non-hydrogen) atoms. The van der Waals surface area contributed by atoms with Crippen LogP contribution in [0.2, 0.25) is 0 Å². The average Bonchev–Trinajstić information content (AvgIpc) is 3.07. The summed E-state index contributed by atoms with van der Waals surface area (Å²) in [4.78, 5) is 15.4. The number of carbonyl (C=O) groups is 1. The largest absolute Gasteiger partial charge is 0.480 e. The highest BCUT2D eigenvalue weighted by atomic mass is 32.2. The Bertz CT molecular complexity index is 625. The lowest BCUT2D eigenvalue weighted by molar-refractivity contribution is -0.138. The SMILES string of the molecule is CCCC[C@H](Nc1ccc(S(=O)(=O)N2CCCC2)cn1)C(=O)O. The van der Waals surface area contributed by atoms with Crippen molar-refractivity contribution in [1.29, 1.82) is 0 Å². The number of nitrogens with one attached hydrogen (secondary N) is 1. The smallest absolute Gasteiger partial charge is 0.326 e. The van der Waals surface area contributed by atoms with E-state index >= 15 is 0 Å². The Kier molecular flexibility index (Phi) is 5.95. The van der Waals surface area contributed by atoms with Crippen molar-refractivity contribution in [2.75, 3.05) is 18.4 Å². The predicted octanol–water partition coefficient (Wildman–Crippen LogP) is 1.92. The van der Waals surface area contributed by atoms with Gasteiger partial charge in [-0.3, -0.25) is 0 Å². The number of aromatic nitrogens is 1. The topological polar surface area (TPSA) is 99.6 Å². The van der Waals surface area contributed by atoms with Crippen molar-refractivity contribution < 1.29 is 18.3 Å². The molecule has 1 atom stereocenters. The van der Waals surface area contributed by atoms with Crippen molar-refractivity contribution in [3.63, 3.8) is 0 Å². The van der Waals surface area contributed by atoms with E-state index in [0.717, 1.165) is 25.7 Å². The molecule has 8 heteroatoms. The van der Waals surface area contributed by atoms with Crippen LogP contribution in [0.1, 0.15) is 39.0 Å². The van der Waals surface area contributed by atoms with Crippen LogP contribution in [-0.2, 0) is 14.8 Å². The van der Waals surface area contributed by atoms with Gasteiger partial charge in [0, 0.05) is 19.3 Å². The molecule has 128 valence electrons. The van der Waals surface area contributed by atoms with Crippen LogP contribution in [0.3, 0.4) is 0 Å². The van der Waals surface area contributed by atoms with E-state index in [1.807, 2.05) is 6.92 Å². The normalized spacial score (nSPS) is 17.1. The van der Waals surface area contributed by atoms with E-state index in [2.05, 4.69) is 10.3 Å². The van der Waals surface area contributed by atoms with Gasteiger partial charge in [-0.1, -0.05) is 19.8 Å². The van der Waals surface area contributed by atoms with Crippen LogP contribution >= 0.6 is 0 Å². The van der Waals surface area contributed by atoms with Gasteiger partial charge in [0.05, 0.1) is 0 Å². The second-order valence-corrected chi connectivity index (χ2v) is 7.61. The number of hydrogen-bond donors (Lipinski definition) is 2. The Morgan fingerprint density at radius 3 is 2.61 bits per heavy atom. The van der Waals surface area contributed by atoms with Gasteiger partial charge in [-0.2, -0.15) is 4.31 Å². The number of carboxylic acids is 1. The second-order valence-electron chi connectivity index (χ2n) is 5.67. The van der Waals surface area contributed by atoms with Crippen LogP contribution in [0.15, 0.2) is 23.2 Å². The summed E-state index contributed by atoms with van der Waals surface area (Å²) >= 11 is 0. The number of anilines is 1. The van der Waals surface area contributed by atoms with Crippen LogP contribution in [0.25, 0.3) is 0 Å². The zero-order valence-electron chi connectivity index (χ0n) is 13.2. The summed E-state index contributed by atoms with van der Waals surface area (Å²) in [6, 6.07) is 2.27. The van der Waals surface area contributed by atoms with Crippen LogP contribution in [0.5, 0.6) is 0 Å². The van der Waals surface area contributed by atoms with Gasteiger partial charge in [0.1, 0.15) is 16.8 Å². The minimum Gasteiger partial charge on any atom is -0.480 e. The highest BCUT2D eigenvalue weighted by molar-refractivity contribution is 7.89. The molecule has 1 aromatic heterocycles. The first-order valence-electron chi connectivity index (χ1n) is 7.90. The van der Waals surface area contributed by atoms with Crippen LogP contribution in [0, 0.1) is 0 Å². The number of carboxylic acid groups (broad SMARTS) is 1. The van der Waals surface area contributed by atoms with Crippen molar-refractivity contribution in [2.45, 2.75) is 50.0 Å². The van der Waals surface area contributed by atoms with Crippen molar-refractivity contribution in [2.24, 2.45) is 0 Å². The molecular formula is C15H23N3O4S. The second kappa shape index (κ2) is 7.74. The Morgan fingerprint density at radius 2 is 2.09 bits per heavy atom.